The van der Waals surface area contributed by atoms with Crippen LogP contribution < -0.4 is 4.90 Å². The van der Waals surface area contributed by atoms with Gasteiger partial charge in [0.25, 0.3) is 0 Å². The fourth-order valence-electron chi connectivity index (χ4n) is 1.62. The zero-order valence-electron chi connectivity index (χ0n) is 9.24. The van der Waals surface area contributed by atoms with Crippen LogP contribution in [0.25, 0.3) is 0 Å². The third kappa shape index (κ3) is 2.85. The molecular weight excluding hydrogens is 235 g/mol. The van der Waals surface area contributed by atoms with Gasteiger partial charge in [0, 0.05) is 6.54 Å². The summed E-state index contributed by atoms with van der Waals surface area (Å²) < 4.78 is 42.2. The Bertz CT molecular complexity index is 379. The lowest BCUT2D eigenvalue weighted by atomic mass is 10.2. The van der Waals surface area contributed by atoms with Gasteiger partial charge in [0.1, 0.15) is 0 Å². The fraction of sp³-hybridized carbons (Fsp3) is 0.600. The van der Waals surface area contributed by atoms with Crippen molar-refractivity contribution in [2.45, 2.75) is 19.2 Å². The molecule has 17 heavy (non-hydrogen) atoms. The van der Waals surface area contributed by atoms with Crippen LogP contribution in [0.3, 0.4) is 0 Å². The van der Waals surface area contributed by atoms with E-state index >= 15 is 0 Å². The molecule has 0 bridgehead atoms. The molecule has 94 valence electrons. The molecule has 2 heterocycles. The Morgan fingerprint density at radius 1 is 1.35 bits per heavy atom. The predicted octanol–water partition coefficient (Wildman–Crippen LogP) is 1.55. The molecule has 1 atom stereocenters. The first-order valence-electron chi connectivity index (χ1n) is 5.20. The van der Waals surface area contributed by atoms with E-state index in [9.17, 15) is 13.2 Å². The van der Waals surface area contributed by atoms with E-state index in [-0.39, 0.29) is 13.2 Å². The minimum atomic E-state index is -4.34. The standard InChI is InChI=1S/C10H12F3N3O/c1-7-2-3-9(15-14-7)16-4-5-17-8(6-16)10(11,12)13/h2-3,8H,4-6H2,1H3. The highest BCUT2D eigenvalue weighted by atomic mass is 19.4. The number of nitrogens with zero attached hydrogens (tertiary/aromatic N) is 3. The number of aromatic nitrogens is 2. The van der Waals surface area contributed by atoms with E-state index in [0.29, 0.717) is 12.4 Å². The van der Waals surface area contributed by atoms with Crippen LogP contribution in [0.15, 0.2) is 12.1 Å². The van der Waals surface area contributed by atoms with Crippen molar-refractivity contribution in [2.24, 2.45) is 0 Å². The fourth-order valence-corrected chi connectivity index (χ4v) is 1.62. The minimum absolute atomic E-state index is 0.0414. The van der Waals surface area contributed by atoms with Gasteiger partial charge >= 0.3 is 6.18 Å². The van der Waals surface area contributed by atoms with Gasteiger partial charge in [-0.15, -0.1) is 5.10 Å². The van der Waals surface area contributed by atoms with Crippen LogP contribution in [-0.2, 0) is 4.74 Å². The van der Waals surface area contributed by atoms with Crippen LogP contribution in [0, 0.1) is 6.92 Å². The van der Waals surface area contributed by atoms with Crippen LogP contribution in [0.5, 0.6) is 0 Å². The molecule has 0 aliphatic carbocycles. The molecule has 7 heteroatoms. The monoisotopic (exact) mass is 247 g/mol. The summed E-state index contributed by atoms with van der Waals surface area (Å²) in [6.07, 6.45) is -6.09. The molecule has 1 saturated heterocycles. The van der Waals surface area contributed by atoms with Crippen LogP contribution >= 0.6 is 0 Å². The third-order valence-corrected chi connectivity index (χ3v) is 2.54. The van der Waals surface area contributed by atoms with Crippen LogP contribution in [0.1, 0.15) is 5.69 Å². The molecular formula is C10H12F3N3O. The van der Waals surface area contributed by atoms with Crippen LogP contribution in [-0.4, -0.2) is 42.2 Å². The Balaban J connectivity index is 2.09. The molecule has 0 saturated carbocycles. The zero-order chi connectivity index (χ0) is 12.5. The summed E-state index contributed by atoms with van der Waals surface area (Å²) in [5.74, 6) is 0.452. The Kier molecular flexibility index (Phi) is 3.19. The maximum absolute atomic E-state index is 12.5. The maximum atomic E-state index is 12.5. The minimum Gasteiger partial charge on any atom is -0.365 e. The molecule has 1 aliphatic heterocycles. The molecule has 1 fully saturated rings. The average Bonchev–Trinajstić information content (AvgIpc) is 2.29. The Hall–Kier alpha value is -1.37. The number of anilines is 1. The highest BCUT2D eigenvalue weighted by molar-refractivity contribution is 5.37. The molecule has 0 spiro atoms. The molecule has 0 radical (unpaired) electrons. The summed E-state index contributed by atoms with van der Waals surface area (Å²) in [4.78, 5) is 1.54. The number of ether oxygens (including phenoxy) is 1. The smallest absolute Gasteiger partial charge is 0.365 e. The van der Waals surface area contributed by atoms with E-state index in [1.165, 1.54) is 4.90 Å². The molecule has 1 aromatic rings. The topological polar surface area (TPSA) is 38.2 Å². The lowest BCUT2D eigenvalue weighted by Crippen LogP contribution is -2.49. The van der Waals surface area contributed by atoms with Gasteiger partial charge in [-0.2, -0.15) is 18.3 Å². The molecule has 4 nitrogen and oxygen atoms in total. The summed E-state index contributed by atoms with van der Waals surface area (Å²) in [7, 11) is 0. The summed E-state index contributed by atoms with van der Waals surface area (Å²) in [6, 6.07) is 3.39. The third-order valence-electron chi connectivity index (χ3n) is 2.54. The number of aryl methyl sites for hydroxylation is 1. The van der Waals surface area contributed by atoms with Gasteiger partial charge in [0.15, 0.2) is 11.9 Å². The number of hydrogen-bond donors (Lipinski definition) is 0. The number of rotatable bonds is 1. The maximum Gasteiger partial charge on any atom is 0.416 e. The quantitative estimate of drug-likeness (QED) is 0.754. The van der Waals surface area contributed by atoms with Crippen molar-refractivity contribution in [1.82, 2.24) is 10.2 Å². The summed E-state index contributed by atoms with van der Waals surface area (Å²) in [5.41, 5.74) is 0.731. The van der Waals surface area contributed by atoms with E-state index in [0.717, 1.165) is 5.69 Å². The number of alkyl halides is 3. The lowest BCUT2D eigenvalue weighted by molar-refractivity contribution is -0.221. The Morgan fingerprint density at radius 2 is 2.12 bits per heavy atom. The van der Waals surface area contributed by atoms with Gasteiger partial charge in [-0.25, -0.2) is 0 Å². The summed E-state index contributed by atoms with van der Waals surface area (Å²) in [5, 5.41) is 7.70. The first kappa shape index (κ1) is 12.1. The normalized spacial score (nSPS) is 21.6. The average molecular weight is 247 g/mol. The number of hydrogen-bond acceptors (Lipinski definition) is 4. The molecule has 1 aliphatic rings. The van der Waals surface area contributed by atoms with Crippen LogP contribution in [0.4, 0.5) is 19.0 Å². The molecule has 2 rings (SSSR count). The van der Waals surface area contributed by atoms with E-state index in [2.05, 4.69) is 10.2 Å². The van der Waals surface area contributed by atoms with Gasteiger partial charge in [-0.05, 0) is 19.1 Å². The van der Waals surface area contributed by atoms with E-state index < -0.39 is 12.3 Å². The zero-order valence-corrected chi connectivity index (χ0v) is 9.24. The van der Waals surface area contributed by atoms with Crippen molar-refractivity contribution in [1.29, 1.82) is 0 Å². The second-order valence-corrected chi connectivity index (χ2v) is 3.88. The Labute approximate surface area is 96.4 Å². The van der Waals surface area contributed by atoms with Crippen molar-refractivity contribution < 1.29 is 17.9 Å². The Morgan fingerprint density at radius 3 is 2.71 bits per heavy atom. The van der Waals surface area contributed by atoms with Crippen molar-refractivity contribution in [3.05, 3.63) is 17.8 Å². The van der Waals surface area contributed by atoms with Crippen LogP contribution in [0.2, 0.25) is 0 Å². The number of halogens is 3. The van der Waals surface area contributed by atoms with E-state index in [1.54, 1.807) is 19.1 Å². The van der Waals surface area contributed by atoms with Crippen molar-refractivity contribution in [3.63, 3.8) is 0 Å². The number of morpholine rings is 1. The first-order valence-corrected chi connectivity index (χ1v) is 5.20. The summed E-state index contributed by atoms with van der Waals surface area (Å²) >= 11 is 0. The van der Waals surface area contributed by atoms with Gasteiger partial charge < -0.3 is 9.64 Å². The molecule has 0 aromatic carbocycles. The molecule has 0 N–H and O–H groups in total. The SMILES string of the molecule is Cc1ccc(N2CCOC(C(F)(F)F)C2)nn1. The lowest BCUT2D eigenvalue weighted by Gasteiger charge is -2.34. The second-order valence-electron chi connectivity index (χ2n) is 3.88. The van der Waals surface area contributed by atoms with Crippen molar-refractivity contribution in [2.75, 3.05) is 24.6 Å². The van der Waals surface area contributed by atoms with Gasteiger partial charge in [-0.3, -0.25) is 0 Å². The second kappa shape index (κ2) is 4.48. The van der Waals surface area contributed by atoms with Gasteiger partial charge in [0.05, 0.1) is 18.8 Å². The highest BCUT2D eigenvalue weighted by Gasteiger charge is 2.43. The molecule has 1 aromatic heterocycles. The largest absolute Gasteiger partial charge is 0.416 e. The van der Waals surface area contributed by atoms with Gasteiger partial charge in [0.2, 0.25) is 0 Å². The van der Waals surface area contributed by atoms with E-state index in [1.807, 2.05) is 0 Å². The molecule has 1 unspecified atom stereocenters. The predicted molar refractivity (Wildman–Crippen MR) is 54.8 cm³/mol. The first-order chi connectivity index (χ1) is 7.97. The van der Waals surface area contributed by atoms with Crippen molar-refractivity contribution in [3.8, 4) is 0 Å². The van der Waals surface area contributed by atoms with Crippen molar-refractivity contribution >= 4 is 5.82 Å². The van der Waals surface area contributed by atoms with Gasteiger partial charge in [-0.1, -0.05) is 0 Å². The summed E-state index contributed by atoms with van der Waals surface area (Å²) in [6.45, 7) is 1.97. The highest BCUT2D eigenvalue weighted by Crippen LogP contribution is 2.27. The van der Waals surface area contributed by atoms with E-state index in [4.69, 9.17) is 4.74 Å². The molecule has 0 amide bonds.